The van der Waals surface area contributed by atoms with Gasteiger partial charge in [-0.1, -0.05) is 41.9 Å². The first kappa shape index (κ1) is 22.5. The topological polar surface area (TPSA) is 108 Å². The number of aromatic amines is 1. The molecule has 11 heteroatoms. The van der Waals surface area contributed by atoms with Crippen molar-refractivity contribution >= 4 is 17.2 Å². The predicted octanol–water partition coefficient (Wildman–Crippen LogP) is 5.07. The van der Waals surface area contributed by atoms with Crippen LogP contribution < -0.4 is 9.47 Å². The van der Waals surface area contributed by atoms with Gasteiger partial charge in [0, 0.05) is 40.7 Å². The van der Waals surface area contributed by atoms with Gasteiger partial charge in [0.1, 0.15) is 18.7 Å². The standard InChI is InChI=1S/C27H21ClN8O2/c1-15-21-22(18-11-30-35(2)12-18)23-25-31-24(34-36(25)14-29-26(23)38-27(21)33-32-15)17-8-6-16(7-9-17)13-37-20-5-3-4-19(28)10-20/h3-12,14,22H,13H2,1-2H3,(H,32,33)/t22-/m1/s1. The Labute approximate surface area is 221 Å². The molecular weight excluding hydrogens is 504 g/mol. The Balaban J connectivity index is 1.25. The highest BCUT2D eigenvalue weighted by atomic mass is 35.5. The molecule has 1 aliphatic heterocycles. The number of H-pyrrole nitrogens is 1. The van der Waals surface area contributed by atoms with E-state index in [1.165, 1.54) is 0 Å². The van der Waals surface area contributed by atoms with Crippen molar-refractivity contribution in [1.29, 1.82) is 0 Å². The van der Waals surface area contributed by atoms with Gasteiger partial charge in [0.25, 0.3) is 0 Å². The molecule has 0 saturated carbocycles. The lowest BCUT2D eigenvalue weighted by atomic mass is 9.86. The molecule has 1 atom stereocenters. The molecule has 5 heterocycles. The van der Waals surface area contributed by atoms with Gasteiger partial charge >= 0.3 is 0 Å². The Morgan fingerprint density at radius 3 is 2.76 bits per heavy atom. The lowest BCUT2D eigenvalue weighted by molar-refractivity contribution is 0.306. The third kappa shape index (κ3) is 3.77. The number of hydrogen-bond donors (Lipinski definition) is 1. The molecule has 6 aromatic rings. The summed E-state index contributed by atoms with van der Waals surface area (Å²) in [5, 5.41) is 17.1. The smallest absolute Gasteiger partial charge is 0.244 e. The lowest BCUT2D eigenvalue weighted by Gasteiger charge is -2.24. The molecule has 0 unspecified atom stereocenters. The van der Waals surface area contributed by atoms with Crippen molar-refractivity contribution < 1.29 is 9.47 Å². The lowest BCUT2D eigenvalue weighted by Crippen LogP contribution is -2.14. The minimum atomic E-state index is -0.208. The Bertz CT molecular complexity index is 1800. The average molecular weight is 525 g/mol. The van der Waals surface area contributed by atoms with Crippen molar-refractivity contribution in [2.24, 2.45) is 7.05 Å². The zero-order valence-corrected chi connectivity index (χ0v) is 21.2. The maximum absolute atomic E-state index is 6.08. The van der Waals surface area contributed by atoms with Crippen molar-refractivity contribution in [2.45, 2.75) is 19.4 Å². The second-order valence-corrected chi connectivity index (χ2v) is 9.60. The quantitative estimate of drug-likeness (QED) is 0.334. The van der Waals surface area contributed by atoms with Gasteiger partial charge in [0.05, 0.1) is 17.7 Å². The molecule has 0 amide bonds. The number of nitrogens with one attached hydrogen (secondary N) is 1. The third-order valence-corrected chi connectivity index (χ3v) is 6.82. The number of aryl methyl sites for hydroxylation is 2. The van der Waals surface area contributed by atoms with Crippen molar-refractivity contribution in [1.82, 2.24) is 39.6 Å². The number of aromatic nitrogens is 8. The largest absolute Gasteiger partial charge is 0.489 e. The van der Waals surface area contributed by atoms with Crippen molar-refractivity contribution in [3.8, 4) is 28.9 Å². The van der Waals surface area contributed by atoms with E-state index in [0.29, 0.717) is 34.9 Å². The summed E-state index contributed by atoms with van der Waals surface area (Å²) in [7, 11) is 1.89. The molecule has 0 aliphatic carbocycles. The normalized spacial score (nSPS) is 14.2. The molecule has 0 saturated heterocycles. The van der Waals surface area contributed by atoms with E-state index in [9.17, 15) is 0 Å². The van der Waals surface area contributed by atoms with Crippen LogP contribution >= 0.6 is 11.6 Å². The van der Waals surface area contributed by atoms with Crippen molar-refractivity contribution in [3.05, 3.63) is 100 Å². The first-order valence-corrected chi connectivity index (χ1v) is 12.4. The highest BCUT2D eigenvalue weighted by molar-refractivity contribution is 6.30. The third-order valence-electron chi connectivity index (χ3n) is 6.59. The SMILES string of the molecule is Cc1[nH]nc2c1[C@@H](c1cnn(C)c1)c1c(ncn3nc(-c4ccc(COc5cccc(Cl)c5)cc4)nc13)O2. The van der Waals surface area contributed by atoms with Crippen LogP contribution in [-0.2, 0) is 13.7 Å². The average Bonchev–Trinajstić information content (AvgIpc) is 3.65. The Morgan fingerprint density at radius 1 is 1.11 bits per heavy atom. The summed E-state index contributed by atoms with van der Waals surface area (Å²) >= 11 is 6.05. The zero-order chi connectivity index (χ0) is 25.8. The van der Waals surface area contributed by atoms with Gasteiger partial charge in [0.15, 0.2) is 11.5 Å². The summed E-state index contributed by atoms with van der Waals surface area (Å²) < 4.78 is 15.4. The Hall–Kier alpha value is -4.70. The molecule has 0 radical (unpaired) electrons. The number of rotatable bonds is 5. The van der Waals surface area contributed by atoms with Crippen LogP contribution in [0, 0.1) is 6.92 Å². The fraction of sp³-hybridized carbons (Fsp3) is 0.148. The van der Waals surface area contributed by atoms with Gasteiger partial charge in [0.2, 0.25) is 11.8 Å². The van der Waals surface area contributed by atoms with Gasteiger partial charge < -0.3 is 9.47 Å². The fourth-order valence-electron chi connectivity index (χ4n) is 4.78. The van der Waals surface area contributed by atoms with Gasteiger partial charge in [-0.05, 0) is 30.7 Å². The molecule has 188 valence electrons. The molecule has 0 bridgehead atoms. The summed E-state index contributed by atoms with van der Waals surface area (Å²) in [6.07, 6.45) is 5.45. The number of hydrogen-bond acceptors (Lipinski definition) is 7. The van der Waals surface area contributed by atoms with E-state index in [0.717, 1.165) is 39.3 Å². The van der Waals surface area contributed by atoms with Crippen LogP contribution in [0.5, 0.6) is 17.5 Å². The summed E-state index contributed by atoms with van der Waals surface area (Å²) in [4.78, 5) is 9.48. The van der Waals surface area contributed by atoms with E-state index in [1.54, 1.807) is 21.6 Å². The predicted molar refractivity (Wildman–Crippen MR) is 140 cm³/mol. The second-order valence-electron chi connectivity index (χ2n) is 9.16. The van der Waals surface area contributed by atoms with Crippen LogP contribution in [0.1, 0.15) is 33.9 Å². The van der Waals surface area contributed by atoms with Crippen LogP contribution in [0.15, 0.2) is 67.3 Å². The molecule has 0 spiro atoms. The molecule has 38 heavy (non-hydrogen) atoms. The minimum absolute atomic E-state index is 0.208. The van der Waals surface area contributed by atoms with Crippen molar-refractivity contribution in [2.75, 3.05) is 0 Å². The monoisotopic (exact) mass is 524 g/mol. The van der Waals surface area contributed by atoms with E-state index in [1.807, 2.05) is 68.8 Å². The van der Waals surface area contributed by atoms with Gasteiger partial charge in [-0.25, -0.2) is 14.5 Å². The second kappa shape index (κ2) is 8.70. The Morgan fingerprint density at radius 2 is 1.97 bits per heavy atom. The van der Waals surface area contributed by atoms with E-state index < -0.39 is 0 Å². The number of nitrogens with zero attached hydrogens (tertiary/aromatic N) is 7. The zero-order valence-electron chi connectivity index (χ0n) is 20.5. The number of benzene rings is 2. The molecule has 1 N–H and O–H groups in total. The molecule has 1 aliphatic rings. The first-order chi connectivity index (χ1) is 18.5. The highest BCUT2D eigenvalue weighted by Crippen LogP contribution is 2.48. The maximum atomic E-state index is 6.08. The van der Waals surface area contributed by atoms with Crippen molar-refractivity contribution in [3.63, 3.8) is 0 Å². The molecule has 4 aromatic heterocycles. The van der Waals surface area contributed by atoms with Crippen LogP contribution in [0.2, 0.25) is 5.02 Å². The van der Waals surface area contributed by atoms with E-state index >= 15 is 0 Å². The highest BCUT2D eigenvalue weighted by Gasteiger charge is 2.37. The van der Waals surface area contributed by atoms with Gasteiger partial charge in [-0.2, -0.15) is 5.10 Å². The van der Waals surface area contributed by atoms with Gasteiger partial charge in [-0.3, -0.25) is 9.78 Å². The summed E-state index contributed by atoms with van der Waals surface area (Å²) in [5.41, 5.74) is 6.23. The molecule has 7 rings (SSSR count). The summed E-state index contributed by atoms with van der Waals surface area (Å²) in [6.45, 7) is 2.40. The molecule has 10 nitrogen and oxygen atoms in total. The first-order valence-electron chi connectivity index (χ1n) is 12.0. The minimum Gasteiger partial charge on any atom is -0.489 e. The van der Waals surface area contributed by atoms with Crippen LogP contribution in [0.4, 0.5) is 0 Å². The number of ether oxygens (including phenoxy) is 2. The molecule has 2 aromatic carbocycles. The van der Waals surface area contributed by atoms with Gasteiger partial charge in [-0.15, -0.1) is 10.2 Å². The van der Waals surface area contributed by atoms with Crippen LogP contribution in [-0.4, -0.2) is 39.6 Å². The summed E-state index contributed by atoms with van der Waals surface area (Å²) in [6, 6.07) is 15.3. The molecule has 0 fully saturated rings. The fourth-order valence-corrected chi connectivity index (χ4v) is 4.96. The summed E-state index contributed by atoms with van der Waals surface area (Å²) in [5.74, 6) is 2.07. The van der Waals surface area contributed by atoms with Crippen LogP contribution in [0.25, 0.3) is 17.0 Å². The van der Waals surface area contributed by atoms with E-state index in [2.05, 4.69) is 20.3 Å². The number of halogens is 1. The van der Waals surface area contributed by atoms with Crippen LogP contribution in [0.3, 0.4) is 0 Å². The molecular formula is C27H21ClN8O2. The number of fused-ring (bicyclic) bond motifs is 4. The van der Waals surface area contributed by atoms with E-state index in [-0.39, 0.29) is 5.92 Å². The Kier molecular flexibility index (Phi) is 5.15. The maximum Gasteiger partial charge on any atom is 0.244 e. The van der Waals surface area contributed by atoms with E-state index in [4.69, 9.17) is 31.2 Å².